The molecule has 1 amide bonds. The highest BCUT2D eigenvalue weighted by Gasteiger charge is 2.34. The van der Waals surface area contributed by atoms with Gasteiger partial charge in [0.2, 0.25) is 5.91 Å². The van der Waals surface area contributed by atoms with E-state index < -0.39 is 0 Å². The number of nitrogens with zero attached hydrogens (tertiary/aromatic N) is 2. The second-order valence-corrected chi connectivity index (χ2v) is 6.91. The van der Waals surface area contributed by atoms with E-state index in [-0.39, 0.29) is 17.6 Å². The van der Waals surface area contributed by atoms with E-state index in [1.165, 1.54) is 17.4 Å². The van der Waals surface area contributed by atoms with Gasteiger partial charge in [-0.1, -0.05) is 17.4 Å². The first kappa shape index (κ1) is 15.8. The number of anilines is 2. The third kappa shape index (κ3) is 3.02. The number of ether oxygens (including phenoxy) is 1. The fourth-order valence-electron chi connectivity index (χ4n) is 2.76. The van der Waals surface area contributed by atoms with Gasteiger partial charge in [0, 0.05) is 18.8 Å². The summed E-state index contributed by atoms with van der Waals surface area (Å²) in [6.07, 6.45) is 0. The molecule has 2 heterocycles. The van der Waals surface area contributed by atoms with Crippen molar-refractivity contribution in [2.75, 3.05) is 30.4 Å². The number of carbonyl (C=O) groups is 1. The second kappa shape index (κ2) is 6.33. The van der Waals surface area contributed by atoms with Gasteiger partial charge in [-0.3, -0.25) is 4.79 Å². The Morgan fingerprint density at radius 3 is 2.72 bits per heavy atom. The Morgan fingerprint density at radius 2 is 2.04 bits per heavy atom. The van der Waals surface area contributed by atoms with Crippen LogP contribution in [-0.4, -0.2) is 31.1 Å². The largest absolute Gasteiger partial charge is 0.497 e. The predicted molar refractivity (Wildman–Crippen MR) is 96.9 cm³/mol. The number of rotatable bonds is 4. The molecule has 0 atom stereocenters. The number of methoxy groups -OCH3 is 1. The van der Waals surface area contributed by atoms with E-state index in [2.05, 4.69) is 10.3 Å². The van der Waals surface area contributed by atoms with Crippen LogP contribution in [0.15, 0.2) is 42.5 Å². The normalized spacial score (nSPS) is 14.4. The Hall–Kier alpha value is -2.67. The molecule has 0 bridgehead atoms. The van der Waals surface area contributed by atoms with Crippen LogP contribution in [0.25, 0.3) is 10.2 Å². The van der Waals surface area contributed by atoms with Crippen LogP contribution >= 0.6 is 11.3 Å². The first-order valence-corrected chi connectivity index (χ1v) is 8.70. The zero-order chi connectivity index (χ0) is 17.4. The van der Waals surface area contributed by atoms with Crippen LogP contribution in [0, 0.1) is 11.7 Å². The molecule has 0 saturated carbocycles. The average Bonchev–Trinajstić information content (AvgIpc) is 2.99. The predicted octanol–water partition coefficient (Wildman–Crippen LogP) is 3.52. The fraction of sp³-hybridized carbons (Fsp3) is 0.222. The first-order chi connectivity index (χ1) is 12.1. The SMILES string of the molecule is COc1ccc(NC(=O)C2CN(c3nc4c(F)cccc4s3)C2)cc1. The Morgan fingerprint density at radius 1 is 1.28 bits per heavy atom. The second-order valence-electron chi connectivity index (χ2n) is 5.90. The summed E-state index contributed by atoms with van der Waals surface area (Å²) in [4.78, 5) is 18.7. The zero-order valence-electron chi connectivity index (χ0n) is 13.5. The van der Waals surface area contributed by atoms with Crippen LogP contribution in [0.5, 0.6) is 5.75 Å². The highest BCUT2D eigenvalue weighted by molar-refractivity contribution is 7.22. The van der Waals surface area contributed by atoms with Gasteiger partial charge in [0.25, 0.3) is 0 Å². The third-order valence-electron chi connectivity index (χ3n) is 4.24. The topological polar surface area (TPSA) is 54.5 Å². The number of aromatic nitrogens is 1. The molecule has 1 saturated heterocycles. The number of halogens is 1. The monoisotopic (exact) mass is 357 g/mol. The lowest BCUT2D eigenvalue weighted by Crippen LogP contribution is -2.52. The summed E-state index contributed by atoms with van der Waals surface area (Å²) in [7, 11) is 1.60. The van der Waals surface area contributed by atoms with Crippen LogP contribution in [0.3, 0.4) is 0 Å². The van der Waals surface area contributed by atoms with E-state index in [1.807, 2.05) is 23.1 Å². The van der Waals surface area contributed by atoms with Gasteiger partial charge in [0.05, 0.1) is 17.7 Å². The quantitative estimate of drug-likeness (QED) is 0.776. The van der Waals surface area contributed by atoms with Gasteiger partial charge in [-0.05, 0) is 36.4 Å². The standard InChI is InChI=1S/C18H16FN3O2S/c1-24-13-7-5-12(6-8-13)20-17(23)11-9-22(10-11)18-21-16-14(19)3-2-4-15(16)25-18/h2-8,11H,9-10H2,1H3,(H,20,23). The lowest BCUT2D eigenvalue weighted by Gasteiger charge is -2.37. The van der Waals surface area contributed by atoms with Crippen LogP contribution in [-0.2, 0) is 4.79 Å². The van der Waals surface area contributed by atoms with E-state index in [9.17, 15) is 9.18 Å². The molecule has 0 spiro atoms. The fourth-order valence-corrected chi connectivity index (χ4v) is 3.76. The molecule has 25 heavy (non-hydrogen) atoms. The third-order valence-corrected chi connectivity index (χ3v) is 5.32. The van der Waals surface area contributed by atoms with Crippen molar-refractivity contribution in [3.05, 3.63) is 48.3 Å². The maximum atomic E-state index is 13.7. The van der Waals surface area contributed by atoms with Crippen LogP contribution in [0.1, 0.15) is 0 Å². The molecule has 1 aliphatic rings. The molecule has 0 aliphatic carbocycles. The highest BCUT2D eigenvalue weighted by atomic mass is 32.1. The number of fused-ring (bicyclic) bond motifs is 1. The van der Waals surface area contributed by atoms with Gasteiger partial charge in [-0.2, -0.15) is 0 Å². The van der Waals surface area contributed by atoms with Gasteiger partial charge in [0.15, 0.2) is 5.13 Å². The van der Waals surface area contributed by atoms with E-state index in [0.717, 1.165) is 21.3 Å². The molecule has 0 unspecified atom stereocenters. The smallest absolute Gasteiger partial charge is 0.231 e. The Kier molecular flexibility index (Phi) is 4.01. The molecule has 3 aromatic rings. The average molecular weight is 357 g/mol. The number of amides is 1. The summed E-state index contributed by atoms with van der Waals surface area (Å²) in [6.45, 7) is 1.17. The van der Waals surface area contributed by atoms with Crippen molar-refractivity contribution >= 4 is 38.3 Å². The number of carbonyl (C=O) groups excluding carboxylic acids is 1. The molecular formula is C18H16FN3O2S. The van der Waals surface area contributed by atoms with E-state index in [0.29, 0.717) is 18.6 Å². The minimum Gasteiger partial charge on any atom is -0.497 e. The lowest BCUT2D eigenvalue weighted by molar-refractivity contribution is -0.120. The van der Waals surface area contributed by atoms with Crippen molar-refractivity contribution in [1.29, 1.82) is 0 Å². The van der Waals surface area contributed by atoms with Crippen molar-refractivity contribution in [3.8, 4) is 5.75 Å². The van der Waals surface area contributed by atoms with Gasteiger partial charge < -0.3 is 15.0 Å². The molecule has 4 rings (SSSR count). The minimum absolute atomic E-state index is 0.0197. The number of hydrogen-bond donors (Lipinski definition) is 1. The molecule has 1 aromatic heterocycles. The van der Waals surface area contributed by atoms with Gasteiger partial charge in [-0.15, -0.1) is 0 Å². The van der Waals surface area contributed by atoms with E-state index in [4.69, 9.17) is 4.74 Å². The van der Waals surface area contributed by atoms with Crippen molar-refractivity contribution in [1.82, 2.24) is 4.98 Å². The molecule has 5 nitrogen and oxygen atoms in total. The van der Waals surface area contributed by atoms with Crippen molar-refractivity contribution in [2.45, 2.75) is 0 Å². The number of hydrogen-bond acceptors (Lipinski definition) is 5. The zero-order valence-corrected chi connectivity index (χ0v) is 14.3. The maximum Gasteiger partial charge on any atom is 0.231 e. The number of benzene rings is 2. The van der Waals surface area contributed by atoms with Gasteiger partial charge in [0.1, 0.15) is 17.1 Å². The number of para-hydroxylation sites is 1. The summed E-state index contributed by atoms with van der Waals surface area (Å²) in [6, 6.07) is 12.2. The van der Waals surface area contributed by atoms with Gasteiger partial charge >= 0.3 is 0 Å². The maximum absolute atomic E-state index is 13.7. The molecule has 2 aromatic carbocycles. The number of nitrogens with one attached hydrogen (secondary N) is 1. The first-order valence-electron chi connectivity index (χ1n) is 7.89. The molecular weight excluding hydrogens is 341 g/mol. The summed E-state index contributed by atoms with van der Waals surface area (Å²) in [5.74, 6) is 0.317. The van der Waals surface area contributed by atoms with Crippen molar-refractivity contribution < 1.29 is 13.9 Å². The molecule has 1 aliphatic heterocycles. The highest BCUT2D eigenvalue weighted by Crippen LogP contribution is 2.34. The van der Waals surface area contributed by atoms with Crippen molar-refractivity contribution in [2.24, 2.45) is 5.92 Å². The Labute approximate surface area is 148 Å². The Balaban J connectivity index is 1.38. The number of thiazole rings is 1. The van der Waals surface area contributed by atoms with Crippen molar-refractivity contribution in [3.63, 3.8) is 0 Å². The van der Waals surface area contributed by atoms with E-state index in [1.54, 1.807) is 25.3 Å². The molecule has 1 fully saturated rings. The molecule has 0 radical (unpaired) electrons. The molecule has 1 N–H and O–H groups in total. The van der Waals surface area contributed by atoms with Crippen LogP contribution in [0.2, 0.25) is 0 Å². The molecule has 128 valence electrons. The summed E-state index contributed by atoms with van der Waals surface area (Å²) >= 11 is 1.45. The lowest BCUT2D eigenvalue weighted by atomic mass is 10.00. The Bertz CT molecular complexity index is 920. The summed E-state index contributed by atoms with van der Waals surface area (Å²) < 4.78 is 19.7. The minimum atomic E-state index is -0.311. The van der Waals surface area contributed by atoms with Crippen LogP contribution < -0.4 is 15.0 Å². The molecule has 7 heteroatoms. The summed E-state index contributed by atoms with van der Waals surface area (Å²) in [5.41, 5.74) is 1.14. The van der Waals surface area contributed by atoms with Crippen LogP contribution in [0.4, 0.5) is 15.2 Å². The van der Waals surface area contributed by atoms with E-state index >= 15 is 0 Å². The summed E-state index contributed by atoms with van der Waals surface area (Å²) in [5, 5.41) is 3.66. The van der Waals surface area contributed by atoms with Gasteiger partial charge in [-0.25, -0.2) is 9.37 Å².